The van der Waals surface area contributed by atoms with E-state index >= 15 is 0 Å². The number of ketones is 1. The molecular formula is C11H13N3OS. The molecule has 0 saturated carbocycles. The van der Waals surface area contributed by atoms with Crippen LogP contribution < -0.4 is 11.2 Å². The van der Waals surface area contributed by atoms with Crippen molar-refractivity contribution >= 4 is 28.8 Å². The SMILES string of the molecule is CC(=O)C/C(=N\NC(N)=S)c1ccccc1. The smallest absolute Gasteiger partial charge is 0.184 e. The number of hydrogen-bond acceptors (Lipinski definition) is 3. The van der Waals surface area contributed by atoms with E-state index in [4.69, 9.17) is 5.73 Å². The van der Waals surface area contributed by atoms with Crippen LogP contribution >= 0.6 is 12.2 Å². The van der Waals surface area contributed by atoms with Crippen LogP contribution in [-0.2, 0) is 4.79 Å². The van der Waals surface area contributed by atoms with Gasteiger partial charge >= 0.3 is 0 Å². The predicted octanol–water partition coefficient (Wildman–Crippen LogP) is 1.20. The lowest BCUT2D eigenvalue weighted by atomic mass is 10.1. The molecule has 3 N–H and O–H groups in total. The number of Topliss-reactive ketones (excluding diaryl/α,β-unsaturated/α-hetero) is 1. The largest absolute Gasteiger partial charge is 0.375 e. The Hall–Kier alpha value is -1.75. The van der Waals surface area contributed by atoms with Crippen molar-refractivity contribution in [3.63, 3.8) is 0 Å². The monoisotopic (exact) mass is 235 g/mol. The van der Waals surface area contributed by atoms with Gasteiger partial charge in [-0.1, -0.05) is 30.3 Å². The Morgan fingerprint density at radius 2 is 2.06 bits per heavy atom. The molecule has 1 rings (SSSR count). The Kier molecular flexibility index (Phi) is 4.60. The minimum atomic E-state index is 0.0346. The van der Waals surface area contributed by atoms with E-state index in [-0.39, 0.29) is 17.3 Å². The number of carbonyl (C=O) groups is 1. The lowest BCUT2D eigenvalue weighted by Gasteiger charge is -2.05. The molecule has 0 aromatic heterocycles. The molecule has 0 saturated heterocycles. The normalized spacial score (nSPS) is 10.9. The molecule has 0 aliphatic heterocycles. The molecule has 5 heteroatoms. The summed E-state index contributed by atoms with van der Waals surface area (Å²) < 4.78 is 0. The van der Waals surface area contributed by atoms with Crippen LogP contribution in [0, 0.1) is 0 Å². The summed E-state index contributed by atoms with van der Waals surface area (Å²) in [7, 11) is 0. The minimum Gasteiger partial charge on any atom is -0.375 e. The Morgan fingerprint density at radius 1 is 1.44 bits per heavy atom. The molecule has 0 aliphatic carbocycles. The number of benzene rings is 1. The van der Waals surface area contributed by atoms with Crippen molar-refractivity contribution in [1.82, 2.24) is 5.43 Å². The van der Waals surface area contributed by atoms with Crippen LogP contribution in [0.5, 0.6) is 0 Å². The Bertz CT molecular complexity index is 414. The van der Waals surface area contributed by atoms with Crippen molar-refractivity contribution in [2.75, 3.05) is 0 Å². The summed E-state index contributed by atoms with van der Waals surface area (Å²) >= 11 is 4.65. The lowest BCUT2D eigenvalue weighted by Crippen LogP contribution is -2.26. The van der Waals surface area contributed by atoms with E-state index in [1.54, 1.807) is 0 Å². The summed E-state index contributed by atoms with van der Waals surface area (Å²) in [6.45, 7) is 1.51. The highest BCUT2D eigenvalue weighted by Gasteiger charge is 2.06. The fourth-order valence-corrected chi connectivity index (χ4v) is 1.24. The van der Waals surface area contributed by atoms with Gasteiger partial charge < -0.3 is 5.73 Å². The third-order valence-electron chi connectivity index (χ3n) is 1.82. The van der Waals surface area contributed by atoms with Gasteiger partial charge in [0.25, 0.3) is 0 Å². The third-order valence-corrected chi connectivity index (χ3v) is 1.92. The number of nitrogens with one attached hydrogen (secondary N) is 1. The molecule has 0 heterocycles. The molecule has 0 fully saturated rings. The summed E-state index contributed by atoms with van der Waals surface area (Å²) in [6, 6.07) is 9.42. The topological polar surface area (TPSA) is 67.5 Å². The van der Waals surface area contributed by atoms with E-state index in [2.05, 4.69) is 22.7 Å². The standard InChI is InChI=1S/C11H13N3OS/c1-8(15)7-10(13-14-11(12)16)9-5-3-2-4-6-9/h2-6H,7H2,1H3,(H3,12,14,16)/b13-10+. The number of nitrogens with zero attached hydrogens (tertiary/aromatic N) is 1. The van der Waals surface area contributed by atoms with Gasteiger partial charge in [-0.3, -0.25) is 10.2 Å². The summed E-state index contributed by atoms with van der Waals surface area (Å²) in [5.74, 6) is 0.0346. The quantitative estimate of drug-likeness (QED) is 0.467. The van der Waals surface area contributed by atoms with Crippen LogP contribution in [0.2, 0.25) is 0 Å². The van der Waals surface area contributed by atoms with Gasteiger partial charge in [-0.05, 0) is 24.7 Å². The second kappa shape index (κ2) is 5.97. The molecule has 0 unspecified atom stereocenters. The number of rotatable bonds is 4. The van der Waals surface area contributed by atoms with E-state index in [0.717, 1.165) is 5.56 Å². The maximum Gasteiger partial charge on any atom is 0.184 e. The maximum absolute atomic E-state index is 11.1. The van der Waals surface area contributed by atoms with Crippen molar-refractivity contribution < 1.29 is 4.79 Å². The first-order valence-electron chi connectivity index (χ1n) is 4.76. The van der Waals surface area contributed by atoms with Gasteiger partial charge in [-0.15, -0.1) is 0 Å². The molecule has 16 heavy (non-hydrogen) atoms. The highest BCUT2D eigenvalue weighted by Crippen LogP contribution is 2.04. The zero-order valence-electron chi connectivity index (χ0n) is 8.93. The summed E-state index contributed by atoms with van der Waals surface area (Å²) in [6.07, 6.45) is 0.250. The van der Waals surface area contributed by atoms with Gasteiger partial charge in [0, 0.05) is 0 Å². The van der Waals surface area contributed by atoms with Crippen molar-refractivity contribution in [2.45, 2.75) is 13.3 Å². The number of nitrogens with two attached hydrogens (primary N) is 1. The Morgan fingerprint density at radius 3 is 2.56 bits per heavy atom. The van der Waals surface area contributed by atoms with Gasteiger partial charge in [0.1, 0.15) is 5.78 Å². The van der Waals surface area contributed by atoms with Crippen LogP contribution in [-0.4, -0.2) is 16.6 Å². The first kappa shape index (κ1) is 12.3. The minimum absolute atomic E-state index is 0.0346. The Labute approximate surface area is 99.5 Å². The highest BCUT2D eigenvalue weighted by atomic mass is 32.1. The molecule has 0 aliphatic rings. The van der Waals surface area contributed by atoms with Gasteiger partial charge in [-0.25, -0.2) is 0 Å². The summed E-state index contributed by atoms with van der Waals surface area (Å²) in [4.78, 5) is 11.1. The van der Waals surface area contributed by atoms with Crippen molar-refractivity contribution in [3.05, 3.63) is 35.9 Å². The second-order valence-corrected chi connectivity index (χ2v) is 3.72. The third kappa shape index (κ3) is 4.18. The average molecular weight is 235 g/mol. The van der Waals surface area contributed by atoms with Gasteiger partial charge in [0.15, 0.2) is 5.11 Å². The number of thiocarbonyl (C=S) groups is 1. The van der Waals surface area contributed by atoms with Gasteiger partial charge in [0.05, 0.1) is 12.1 Å². The van der Waals surface area contributed by atoms with Crippen LogP contribution in [0.1, 0.15) is 18.9 Å². The Balaban J connectivity index is 2.91. The molecule has 4 nitrogen and oxygen atoms in total. The maximum atomic E-state index is 11.1. The van der Waals surface area contributed by atoms with Gasteiger partial charge in [0.2, 0.25) is 0 Å². The van der Waals surface area contributed by atoms with Crippen LogP contribution in [0.3, 0.4) is 0 Å². The number of hydrazone groups is 1. The summed E-state index contributed by atoms with van der Waals surface area (Å²) in [5.41, 5.74) is 9.27. The molecule has 0 atom stereocenters. The zero-order valence-corrected chi connectivity index (χ0v) is 9.75. The van der Waals surface area contributed by atoms with Crippen LogP contribution in [0.4, 0.5) is 0 Å². The van der Waals surface area contributed by atoms with E-state index in [1.165, 1.54) is 6.92 Å². The van der Waals surface area contributed by atoms with Crippen molar-refractivity contribution in [1.29, 1.82) is 0 Å². The van der Waals surface area contributed by atoms with Gasteiger partial charge in [-0.2, -0.15) is 5.10 Å². The molecule has 0 bridgehead atoms. The first-order chi connectivity index (χ1) is 7.59. The highest BCUT2D eigenvalue weighted by molar-refractivity contribution is 7.80. The average Bonchev–Trinajstić information content (AvgIpc) is 2.25. The van der Waals surface area contributed by atoms with Crippen LogP contribution in [0.25, 0.3) is 0 Å². The molecular weight excluding hydrogens is 222 g/mol. The molecule has 1 aromatic rings. The zero-order chi connectivity index (χ0) is 12.0. The fourth-order valence-electron chi connectivity index (χ4n) is 1.20. The molecule has 84 valence electrons. The molecule has 0 spiro atoms. The molecule has 1 aromatic carbocycles. The molecule has 0 amide bonds. The fraction of sp³-hybridized carbons (Fsp3) is 0.182. The van der Waals surface area contributed by atoms with E-state index < -0.39 is 0 Å². The van der Waals surface area contributed by atoms with Crippen molar-refractivity contribution in [2.24, 2.45) is 10.8 Å². The van der Waals surface area contributed by atoms with E-state index in [1.807, 2.05) is 30.3 Å². The van der Waals surface area contributed by atoms with E-state index in [9.17, 15) is 4.79 Å². The van der Waals surface area contributed by atoms with Crippen LogP contribution in [0.15, 0.2) is 35.4 Å². The number of carbonyl (C=O) groups excluding carboxylic acids is 1. The number of hydrogen-bond donors (Lipinski definition) is 2. The second-order valence-electron chi connectivity index (χ2n) is 3.28. The first-order valence-corrected chi connectivity index (χ1v) is 5.17. The van der Waals surface area contributed by atoms with Crippen molar-refractivity contribution in [3.8, 4) is 0 Å². The summed E-state index contributed by atoms with van der Waals surface area (Å²) in [5, 5.41) is 4.09. The van der Waals surface area contributed by atoms with E-state index in [0.29, 0.717) is 5.71 Å². The lowest BCUT2D eigenvalue weighted by molar-refractivity contribution is -0.115. The molecule has 0 radical (unpaired) electrons. The predicted molar refractivity (Wildman–Crippen MR) is 68.2 cm³/mol.